The average Bonchev–Trinajstić information content (AvgIpc) is 3.24. The molecule has 0 atom stereocenters. The second-order valence-corrected chi connectivity index (χ2v) is 7.00. The summed E-state index contributed by atoms with van der Waals surface area (Å²) in [4.78, 5) is 4.45. The third-order valence-corrected chi connectivity index (χ3v) is 5.32. The molecule has 1 aromatic rings. The smallest absolute Gasteiger partial charge is 0.244 e. The summed E-state index contributed by atoms with van der Waals surface area (Å²) in [5, 5.41) is 3.07. The normalized spacial score (nSPS) is 15.6. The second kappa shape index (κ2) is 6.54. The van der Waals surface area contributed by atoms with E-state index in [1.165, 1.54) is 6.20 Å². The summed E-state index contributed by atoms with van der Waals surface area (Å²) in [6, 6.07) is 3.56. The lowest BCUT2D eigenvalue weighted by molar-refractivity contribution is 0.395. The van der Waals surface area contributed by atoms with Gasteiger partial charge in [0.15, 0.2) is 0 Å². The van der Waals surface area contributed by atoms with Crippen molar-refractivity contribution in [3.05, 3.63) is 18.3 Å². The van der Waals surface area contributed by atoms with E-state index in [0.717, 1.165) is 32.2 Å². The highest BCUT2D eigenvalue weighted by atomic mass is 32.2. The molecule has 1 aliphatic rings. The second-order valence-electron chi connectivity index (χ2n) is 5.11. The number of aromatic nitrogens is 1. The van der Waals surface area contributed by atoms with Gasteiger partial charge in [-0.25, -0.2) is 13.4 Å². The Bertz CT molecular complexity index is 524. The molecule has 0 amide bonds. The fraction of sp³-hybridized carbons (Fsp3) is 0.643. The number of hydrogen-bond acceptors (Lipinski definition) is 4. The molecule has 1 aliphatic carbocycles. The van der Waals surface area contributed by atoms with E-state index in [1.54, 1.807) is 16.4 Å². The van der Waals surface area contributed by atoms with Crippen LogP contribution in [0.15, 0.2) is 23.2 Å². The van der Waals surface area contributed by atoms with Crippen LogP contribution in [0.1, 0.15) is 39.5 Å². The minimum Gasteiger partial charge on any atom is -0.370 e. The predicted octanol–water partition coefficient (Wildman–Crippen LogP) is 2.47. The lowest BCUT2D eigenvalue weighted by Gasteiger charge is -2.21. The summed E-state index contributed by atoms with van der Waals surface area (Å²) in [7, 11) is -3.40. The lowest BCUT2D eigenvalue weighted by Crippen LogP contribution is -2.34. The summed E-state index contributed by atoms with van der Waals surface area (Å²) in [6.45, 7) is 5.43. The van der Waals surface area contributed by atoms with Crippen LogP contribution < -0.4 is 5.32 Å². The Morgan fingerprint density at radius 3 is 2.60 bits per heavy atom. The fourth-order valence-corrected chi connectivity index (χ4v) is 3.80. The topological polar surface area (TPSA) is 62.3 Å². The lowest BCUT2D eigenvalue weighted by atomic mass is 10.3. The first-order valence-corrected chi connectivity index (χ1v) is 8.75. The van der Waals surface area contributed by atoms with Crippen molar-refractivity contribution in [1.82, 2.24) is 9.29 Å². The zero-order chi connectivity index (χ0) is 14.6. The SMILES string of the molecule is CCCCN(C1CC1)S(=O)(=O)c1ccc(NCC)nc1. The molecule has 0 radical (unpaired) electrons. The largest absolute Gasteiger partial charge is 0.370 e. The highest BCUT2D eigenvalue weighted by Gasteiger charge is 2.37. The fourth-order valence-electron chi connectivity index (χ4n) is 2.13. The summed E-state index contributed by atoms with van der Waals surface area (Å²) in [6.07, 6.45) is 5.31. The van der Waals surface area contributed by atoms with Gasteiger partial charge in [0.25, 0.3) is 0 Å². The van der Waals surface area contributed by atoms with Gasteiger partial charge in [-0.2, -0.15) is 4.31 Å². The first-order chi connectivity index (χ1) is 9.59. The van der Waals surface area contributed by atoms with Crippen LogP contribution in [0.25, 0.3) is 0 Å². The molecule has 0 aromatic carbocycles. The Morgan fingerprint density at radius 1 is 1.35 bits per heavy atom. The van der Waals surface area contributed by atoms with Crippen LogP contribution in [0, 0.1) is 0 Å². The van der Waals surface area contributed by atoms with E-state index in [0.29, 0.717) is 17.3 Å². The molecule has 1 N–H and O–H groups in total. The quantitative estimate of drug-likeness (QED) is 0.800. The first kappa shape index (κ1) is 15.3. The molecule has 5 nitrogen and oxygen atoms in total. The molecule has 2 rings (SSSR count). The summed E-state index contributed by atoms with van der Waals surface area (Å²) in [5.74, 6) is 0.706. The van der Waals surface area contributed by atoms with Crippen molar-refractivity contribution in [3.8, 4) is 0 Å². The van der Waals surface area contributed by atoms with Gasteiger partial charge in [-0.3, -0.25) is 0 Å². The summed E-state index contributed by atoms with van der Waals surface area (Å²) in [5.41, 5.74) is 0. The third-order valence-electron chi connectivity index (χ3n) is 3.39. The minimum absolute atomic E-state index is 0.194. The zero-order valence-corrected chi connectivity index (χ0v) is 13.0. The van der Waals surface area contributed by atoms with E-state index in [2.05, 4.69) is 17.2 Å². The van der Waals surface area contributed by atoms with E-state index in [9.17, 15) is 8.42 Å². The van der Waals surface area contributed by atoms with Crippen molar-refractivity contribution in [2.75, 3.05) is 18.4 Å². The Labute approximate surface area is 121 Å². The molecule has 0 spiro atoms. The number of pyridine rings is 1. The molecule has 112 valence electrons. The maximum Gasteiger partial charge on any atom is 0.244 e. The van der Waals surface area contributed by atoms with Crippen LogP contribution in [0.3, 0.4) is 0 Å². The molecule has 1 saturated carbocycles. The van der Waals surface area contributed by atoms with Gasteiger partial charge in [-0.05, 0) is 38.3 Å². The number of nitrogens with one attached hydrogen (secondary N) is 1. The van der Waals surface area contributed by atoms with Crippen LogP contribution >= 0.6 is 0 Å². The molecule has 1 heterocycles. The van der Waals surface area contributed by atoms with Crippen molar-refractivity contribution in [2.45, 2.75) is 50.5 Å². The maximum absolute atomic E-state index is 12.7. The van der Waals surface area contributed by atoms with Crippen molar-refractivity contribution in [1.29, 1.82) is 0 Å². The van der Waals surface area contributed by atoms with Gasteiger partial charge in [-0.15, -0.1) is 0 Å². The number of hydrogen-bond donors (Lipinski definition) is 1. The highest BCUT2D eigenvalue weighted by Crippen LogP contribution is 2.32. The van der Waals surface area contributed by atoms with Crippen LogP contribution in [0.2, 0.25) is 0 Å². The van der Waals surface area contributed by atoms with Crippen LogP contribution in [0.4, 0.5) is 5.82 Å². The van der Waals surface area contributed by atoms with E-state index in [-0.39, 0.29) is 6.04 Å². The van der Waals surface area contributed by atoms with E-state index in [1.807, 2.05) is 6.92 Å². The number of unbranched alkanes of at least 4 members (excludes halogenated alkanes) is 1. The van der Waals surface area contributed by atoms with Gasteiger partial charge in [0.05, 0.1) is 0 Å². The van der Waals surface area contributed by atoms with E-state index >= 15 is 0 Å². The van der Waals surface area contributed by atoms with Gasteiger partial charge in [0.2, 0.25) is 10.0 Å². The molecule has 1 fully saturated rings. The number of nitrogens with zero attached hydrogens (tertiary/aromatic N) is 2. The number of rotatable bonds is 8. The van der Waals surface area contributed by atoms with Gasteiger partial charge in [0, 0.05) is 25.3 Å². The molecule has 0 saturated heterocycles. The molecule has 0 aliphatic heterocycles. The maximum atomic E-state index is 12.7. The minimum atomic E-state index is -3.40. The third kappa shape index (κ3) is 3.49. The van der Waals surface area contributed by atoms with E-state index < -0.39 is 10.0 Å². The van der Waals surface area contributed by atoms with Crippen molar-refractivity contribution < 1.29 is 8.42 Å². The Hall–Kier alpha value is -1.14. The number of sulfonamides is 1. The standard InChI is InChI=1S/C14H23N3O2S/c1-3-5-10-17(12-6-7-12)20(18,19)13-8-9-14(15-4-2)16-11-13/h8-9,11-12H,3-7,10H2,1-2H3,(H,15,16). The van der Waals surface area contributed by atoms with Gasteiger partial charge < -0.3 is 5.32 Å². The molecule has 6 heteroatoms. The van der Waals surface area contributed by atoms with Crippen molar-refractivity contribution in [2.24, 2.45) is 0 Å². The molecule has 0 bridgehead atoms. The van der Waals surface area contributed by atoms with Crippen molar-refractivity contribution >= 4 is 15.8 Å². The van der Waals surface area contributed by atoms with Crippen LogP contribution in [-0.4, -0.2) is 36.8 Å². The first-order valence-electron chi connectivity index (χ1n) is 7.31. The van der Waals surface area contributed by atoms with Gasteiger partial charge >= 0.3 is 0 Å². The summed E-state index contributed by atoms with van der Waals surface area (Å²) >= 11 is 0. The highest BCUT2D eigenvalue weighted by molar-refractivity contribution is 7.89. The predicted molar refractivity (Wildman–Crippen MR) is 80.2 cm³/mol. The summed E-state index contributed by atoms with van der Waals surface area (Å²) < 4.78 is 27.0. The monoisotopic (exact) mass is 297 g/mol. The van der Waals surface area contributed by atoms with Gasteiger partial charge in [0.1, 0.15) is 10.7 Å². The van der Waals surface area contributed by atoms with Crippen molar-refractivity contribution in [3.63, 3.8) is 0 Å². The van der Waals surface area contributed by atoms with Crippen LogP contribution in [-0.2, 0) is 10.0 Å². The Kier molecular flexibility index (Phi) is 4.99. The molecule has 1 aromatic heterocycles. The molecule has 20 heavy (non-hydrogen) atoms. The average molecular weight is 297 g/mol. The zero-order valence-electron chi connectivity index (χ0n) is 12.2. The molecule has 0 unspecified atom stereocenters. The van der Waals surface area contributed by atoms with E-state index in [4.69, 9.17) is 0 Å². The Balaban J connectivity index is 2.18. The van der Waals surface area contributed by atoms with Gasteiger partial charge in [-0.1, -0.05) is 13.3 Å². The molecular weight excluding hydrogens is 274 g/mol. The molecular formula is C14H23N3O2S. The van der Waals surface area contributed by atoms with Crippen LogP contribution in [0.5, 0.6) is 0 Å². The Morgan fingerprint density at radius 2 is 2.10 bits per heavy atom. The number of anilines is 1.